The van der Waals surface area contributed by atoms with E-state index in [0.717, 1.165) is 46.6 Å². The Morgan fingerprint density at radius 3 is 2.83 bits per heavy atom. The highest BCUT2D eigenvalue weighted by atomic mass is 79.9. The largest absolute Gasteiger partial charge is 0.468 e. The number of halogens is 1. The van der Waals surface area contributed by atoms with E-state index in [4.69, 9.17) is 4.42 Å². The van der Waals surface area contributed by atoms with Crippen LogP contribution in [0.25, 0.3) is 10.9 Å². The van der Waals surface area contributed by atoms with Crippen LogP contribution >= 0.6 is 15.9 Å². The minimum absolute atomic E-state index is 0.222. The Kier molecular flexibility index (Phi) is 4.49. The van der Waals surface area contributed by atoms with E-state index in [1.165, 1.54) is 12.8 Å². The summed E-state index contributed by atoms with van der Waals surface area (Å²) in [6.07, 6.45) is 5.85. The molecule has 4 rings (SSSR count). The third-order valence-corrected chi connectivity index (χ3v) is 5.17. The molecule has 124 valence electrons. The molecule has 0 aliphatic carbocycles. The summed E-state index contributed by atoms with van der Waals surface area (Å²) >= 11 is 3.56. The number of rotatable bonds is 5. The van der Waals surface area contributed by atoms with Crippen LogP contribution in [0.15, 0.2) is 51.8 Å². The van der Waals surface area contributed by atoms with E-state index in [1.54, 1.807) is 12.6 Å². The van der Waals surface area contributed by atoms with Gasteiger partial charge < -0.3 is 9.73 Å². The summed E-state index contributed by atoms with van der Waals surface area (Å²) in [7, 11) is 0. The van der Waals surface area contributed by atoms with Crippen molar-refractivity contribution >= 4 is 32.7 Å². The van der Waals surface area contributed by atoms with Crippen molar-refractivity contribution in [3.8, 4) is 0 Å². The van der Waals surface area contributed by atoms with Crippen molar-refractivity contribution in [3.63, 3.8) is 0 Å². The van der Waals surface area contributed by atoms with Crippen LogP contribution < -0.4 is 5.32 Å². The van der Waals surface area contributed by atoms with Crippen molar-refractivity contribution in [2.24, 2.45) is 0 Å². The first-order chi connectivity index (χ1) is 11.8. The van der Waals surface area contributed by atoms with Crippen molar-refractivity contribution < 1.29 is 4.42 Å². The van der Waals surface area contributed by atoms with Crippen LogP contribution in [0.4, 0.5) is 5.82 Å². The quantitative estimate of drug-likeness (QED) is 0.710. The van der Waals surface area contributed by atoms with E-state index >= 15 is 0 Å². The molecule has 1 aliphatic rings. The third kappa shape index (κ3) is 3.03. The summed E-state index contributed by atoms with van der Waals surface area (Å²) in [5.41, 5.74) is 0.922. The van der Waals surface area contributed by atoms with Gasteiger partial charge in [0.1, 0.15) is 17.9 Å². The second-order valence-electron chi connectivity index (χ2n) is 6.01. The van der Waals surface area contributed by atoms with Gasteiger partial charge in [-0.25, -0.2) is 9.97 Å². The molecule has 3 heterocycles. The lowest BCUT2D eigenvalue weighted by atomic mass is 10.2. The summed E-state index contributed by atoms with van der Waals surface area (Å²) in [6.45, 7) is 2.98. The summed E-state index contributed by atoms with van der Waals surface area (Å²) < 4.78 is 6.66. The van der Waals surface area contributed by atoms with Gasteiger partial charge in [0.2, 0.25) is 0 Å². The molecule has 6 heteroatoms. The topological polar surface area (TPSA) is 54.2 Å². The van der Waals surface area contributed by atoms with Gasteiger partial charge in [-0.05, 0) is 66.1 Å². The van der Waals surface area contributed by atoms with Crippen LogP contribution in [0.1, 0.15) is 24.6 Å². The molecule has 0 radical (unpaired) electrons. The van der Waals surface area contributed by atoms with Gasteiger partial charge in [0.15, 0.2) is 0 Å². The van der Waals surface area contributed by atoms with Crippen molar-refractivity contribution in [2.75, 3.05) is 25.0 Å². The zero-order chi connectivity index (χ0) is 16.4. The summed E-state index contributed by atoms with van der Waals surface area (Å²) in [6, 6.07) is 10.3. The zero-order valence-electron chi connectivity index (χ0n) is 13.3. The lowest BCUT2D eigenvalue weighted by Crippen LogP contribution is -2.30. The van der Waals surface area contributed by atoms with Crippen LogP contribution in [0.3, 0.4) is 0 Å². The van der Waals surface area contributed by atoms with E-state index in [2.05, 4.69) is 42.2 Å². The van der Waals surface area contributed by atoms with Crippen molar-refractivity contribution in [2.45, 2.75) is 18.9 Å². The fraction of sp³-hybridized carbons (Fsp3) is 0.333. The van der Waals surface area contributed by atoms with Gasteiger partial charge in [-0.3, -0.25) is 4.90 Å². The minimum atomic E-state index is 0.222. The molecule has 2 aromatic heterocycles. The number of fused-ring (bicyclic) bond motifs is 1. The molecule has 0 spiro atoms. The number of hydrogen-bond acceptors (Lipinski definition) is 5. The molecule has 1 fully saturated rings. The third-order valence-electron chi connectivity index (χ3n) is 4.53. The number of para-hydroxylation sites is 1. The monoisotopic (exact) mass is 386 g/mol. The average Bonchev–Trinajstić information content (AvgIpc) is 3.30. The number of furan rings is 1. The fourth-order valence-electron chi connectivity index (χ4n) is 3.33. The van der Waals surface area contributed by atoms with E-state index in [0.29, 0.717) is 0 Å². The minimum Gasteiger partial charge on any atom is -0.468 e. The van der Waals surface area contributed by atoms with Crippen LogP contribution in [0.2, 0.25) is 0 Å². The molecule has 1 N–H and O–H groups in total. The molecular weight excluding hydrogens is 368 g/mol. The highest BCUT2D eigenvalue weighted by Gasteiger charge is 2.25. The summed E-state index contributed by atoms with van der Waals surface area (Å²) in [4.78, 5) is 11.3. The van der Waals surface area contributed by atoms with Crippen LogP contribution in [-0.4, -0.2) is 34.5 Å². The molecule has 1 saturated heterocycles. The highest BCUT2D eigenvalue weighted by Crippen LogP contribution is 2.29. The van der Waals surface area contributed by atoms with Gasteiger partial charge in [0, 0.05) is 16.4 Å². The molecule has 24 heavy (non-hydrogen) atoms. The SMILES string of the molecule is Brc1cccc2c(NC[C@H](c3ccco3)N3CCCC3)ncnc12. The molecule has 1 atom stereocenters. The molecule has 0 amide bonds. The Bertz CT molecular complexity index is 815. The van der Waals surface area contributed by atoms with E-state index in [9.17, 15) is 0 Å². The normalized spacial score (nSPS) is 16.5. The lowest BCUT2D eigenvalue weighted by Gasteiger charge is -2.26. The Labute approximate surface area is 149 Å². The number of aromatic nitrogens is 2. The molecule has 5 nitrogen and oxygen atoms in total. The predicted molar refractivity (Wildman–Crippen MR) is 98.0 cm³/mol. The lowest BCUT2D eigenvalue weighted by molar-refractivity contribution is 0.225. The van der Waals surface area contributed by atoms with E-state index in [1.807, 2.05) is 24.3 Å². The Morgan fingerprint density at radius 2 is 2.04 bits per heavy atom. The van der Waals surface area contributed by atoms with Crippen molar-refractivity contribution in [3.05, 3.63) is 53.2 Å². The van der Waals surface area contributed by atoms with Crippen LogP contribution in [0.5, 0.6) is 0 Å². The molecule has 0 saturated carbocycles. The van der Waals surface area contributed by atoms with Gasteiger partial charge in [0.25, 0.3) is 0 Å². The van der Waals surface area contributed by atoms with Gasteiger partial charge >= 0.3 is 0 Å². The smallest absolute Gasteiger partial charge is 0.137 e. The van der Waals surface area contributed by atoms with Crippen molar-refractivity contribution in [1.29, 1.82) is 0 Å². The summed E-state index contributed by atoms with van der Waals surface area (Å²) in [5.74, 6) is 1.86. The zero-order valence-corrected chi connectivity index (χ0v) is 14.9. The number of nitrogens with one attached hydrogen (secondary N) is 1. The van der Waals surface area contributed by atoms with Gasteiger partial charge in [-0.2, -0.15) is 0 Å². The van der Waals surface area contributed by atoms with E-state index < -0.39 is 0 Å². The predicted octanol–water partition coefficient (Wildman–Crippen LogP) is 4.23. The first-order valence-corrected chi connectivity index (χ1v) is 9.03. The van der Waals surface area contributed by atoms with Crippen LogP contribution in [-0.2, 0) is 0 Å². The Morgan fingerprint density at radius 1 is 1.17 bits per heavy atom. The number of anilines is 1. The van der Waals surface area contributed by atoms with Crippen molar-refractivity contribution in [1.82, 2.24) is 14.9 Å². The number of benzene rings is 1. The van der Waals surface area contributed by atoms with Gasteiger partial charge in [-0.1, -0.05) is 6.07 Å². The maximum Gasteiger partial charge on any atom is 0.137 e. The number of nitrogens with zero attached hydrogens (tertiary/aromatic N) is 3. The number of likely N-dealkylation sites (tertiary alicyclic amines) is 1. The molecule has 0 bridgehead atoms. The molecule has 1 aliphatic heterocycles. The second-order valence-corrected chi connectivity index (χ2v) is 6.87. The Hall–Kier alpha value is -1.92. The highest BCUT2D eigenvalue weighted by molar-refractivity contribution is 9.10. The van der Waals surface area contributed by atoms with Gasteiger partial charge in [-0.15, -0.1) is 0 Å². The van der Waals surface area contributed by atoms with E-state index in [-0.39, 0.29) is 6.04 Å². The first kappa shape index (κ1) is 15.6. The molecule has 0 unspecified atom stereocenters. The first-order valence-electron chi connectivity index (χ1n) is 8.23. The Balaban J connectivity index is 1.59. The molecular formula is C18H19BrN4O. The number of hydrogen-bond donors (Lipinski definition) is 1. The molecule has 1 aromatic carbocycles. The maximum atomic E-state index is 5.68. The van der Waals surface area contributed by atoms with Crippen LogP contribution in [0, 0.1) is 0 Å². The second kappa shape index (κ2) is 6.91. The summed E-state index contributed by atoms with van der Waals surface area (Å²) in [5, 5.41) is 4.53. The standard InChI is InChI=1S/C18H19BrN4O/c19-14-6-3-5-13-17(14)21-12-22-18(13)20-11-15(16-7-4-10-24-16)23-8-1-2-9-23/h3-7,10,12,15H,1-2,8-9,11H2,(H,20,21,22)/t15-/m1/s1. The average molecular weight is 387 g/mol. The maximum absolute atomic E-state index is 5.68. The van der Waals surface area contributed by atoms with Gasteiger partial charge in [0.05, 0.1) is 17.8 Å². The fourth-order valence-corrected chi connectivity index (χ4v) is 3.80. The molecule has 3 aromatic rings.